The Hall–Kier alpha value is -2.15. The van der Waals surface area contributed by atoms with E-state index in [0.29, 0.717) is 30.5 Å². The Morgan fingerprint density at radius 2 is 1.91 bits per heavy atom. The Labute approximate surface area is 128 Å². The van der Waals surface area contributed by atoms with E-state index in [1.807, 2.05) is 0 Å². The van der Waals surface area contributed by atoms with Gasteiger partial charge in [-0.05, 0) is 49.9 Å². The predicted molar refractivity (Wildman–Crippen MR) is 79.7 cm³/mol. The molecule has 2 fully saturated rings. The summed E-state index contributed by atoms with van der Waals surface area (Å²) in [7, 11) is 0. The van der Waals surface area contributed by atoms with E-state index in [-0.39, 0.29) is 11.6 Å². The average Bonchev–Trinajstić information content (AvgIpc) is 2.85. The second-order valence-electron chi connectivity index (χ2n) is 6.01. The van der Waals surface area contributed by atoms with Crippen molar-refractivity contribution in [1.29, 1.82) is 0 Å². The fourth-order valence-electron chi connectivity index (χ4n) is 3.41. The number of aromatic hydroxyl groups is 1. The molecule has 118 valence electrons. The van der Waals surface area contributed by atoms with Crippen LogP contribution < -0.4 is 5.32 Å². The Balaban J connectivity index is 1.73. The summed E-state index contributed by atoms with van der Waals surface area (Å²) in [6.07, 6.45) is 1.95. The third-order valence-corrected chi connectivity index (χ3v) is 4.73. The first-order valence-electron chi connectivity index (χ1n) is 7.53. The molecule has 2 heterocycles. The maximum Gasteiger partial charge on any atom is 0.310 e. The zero-order valence-electron chi connectivity index (χ0n) is 12.2. The zero-order valence-corrected chi connectivity index (χ0v) is 12.2. The van der Waals surface area contributed by atoms with Gasteiger partial charge in [0.05, 0.1) is 4.92 Å². The van der Waals surface area contributed by atoms with Gasteiger partial charge in [0.15, 0.2) is 5.75 Å². The van der Waals surface area contributed by atoms with Crippen LogP contribution in [0.25, 0.3) is 0 Å². The highest BCUT2D eigenvalue weighted by atomic mass is 16.6. The van der Waals surface area contributed by atoms with Gasteiger partial charge in [0.1, 0.15) is 0 Å². The topological polar surface area (TPSA) is 95.7 Å². The van der Waals surface area contributed by atoms with Gasteiger partial charge in [-0.3, -0.25) is 14.9 Å². The Morgan fingerprint density at radius 1 is 1.27 bits per heavy atom. The molecule has 1 amide bonds. The molecule has 0 saturated carbocycles. The van der Waals surface area contributed by atoms with Gasteiger partial charge in [0, 0.05) is 24.7 Å². The molecule has 1 aromatic carbocycles. The monoisotopic (exact) mass is 305 g/mol. The lowest BCUT2D eigenvalue weighted by atomic mass is 9.92. The van der Waals surface area contributed by atoms with Crippen LogP contribution in [0.3, 0.4) is 0 Å². The molecule has 7 heteroatoms. The SMILES string of the molecule is O=C(c1ccc([N+](=O)[O-])c(O)c1)N1CC[C@@H]2CNC[C@@H]2CC1. The standard InChI is InChI=1S/C15H19N3O4/c19-14-7-10(1-2-13(14)18(21)22)15(20)17-5-3-11-8-16-9-12(11)4-6-17/h1-2,7,11-12,16,19H,3-6,8-9H2/t11-,12+. The van der Waals surface area contributed by atoms with Crippen molar-refractivity contribution in [3.8, 4) is 5.75 Å². The summed E-state index contributed by atoms with van der Waals surface area (Å²) in [5, 5.41) is 23.8. The van der Waals surface area contributed by atoms with E-state index in [1.165, 1.54) is 18.2 Å². The number of hydrogen-bond donors (Lipinski definition) is 2. The molecule has 2 atom stereocenters. The van der Waals surface area contributed by atoms with Gasteiger partial charge in [0.2, 0.25) is 0 Å². The summed E-state index contributed by atoms with van der Waals surface area (Å²) in [6, 6.07) is 3.78. The molecule has 0 radical (unpaired) electrons. The number of carbonyl (C=O) groups is 1. The lowest BCUT2D eigenvalue weighted by molar-refractivity contribution is -0.385. The molecule has 0 aliphatic carbocycles. The number of nitro groups is 1. The molecular weight excluding hydrogens is 286 g/mol. The van der Waals surface area contributed by atoms with Crippen LogP contribution in [0, 0.1) is 22.0 Å². The lowest BCUT2D eigenvalue weighted by Gasteiger charge is -2.21. The van der Waals surface area contributed by atoms with Crippen LogP contribution in [0.2, 0.25) is 0 Å². The Bertz CT molecular complexity index is 590. The number of fused-ring (bicyclic) bond motifs is 1. The van der Waals surface area contributed by atoms with Crippen molar-refractivity contribution >= 4 is 11.6 Å². The number of likely N-dealkylation sites (tertiary alicyclic amines) is 1. The summed E-state index contributed by atoms with van der Waals surface area (Å²) >= 11 is 0. The van der Waals surface area contributed by atoms with E-state index in [1.54, 1.807) is 4.90 Å². The predicted octanol–water partition coefficient (Wildman–Crippen LogP) is 1.37. The molecule has 3 rings (SSSR count). The normalized spacial score (nSPS) is 24.6. The molecule has 2 saturated heterocycles. The molecule has 0 unspecified atom stereocenters. The van der Waals surface area contributed by atoms with Gasteiger partial charge < -0.3 is 15.3 Å². The minimum atomic E-state index is -0.663. The number of hydrogen-bond acceptors (Lipinski definition) is 5. The van der Waals surface area contributed by atoms with Crippen LogP contribution in [-0.4, -0.2) is 47.0 Å². The number of phenolic OH excluding ortho intramolecular Hbond substituents is 1. The molecule has 0 spiro atoms. The molecule has 2 N–H and O–H groups in total. The summed E-state index contributed by atoms with van der Waals surface area (Å²) in [5.74, 6) is 0.621. The smallest absolute Gasteiger partial charge is 0.310 e. The van der Waals surface area contributed by atoms with Crippen LogP contribution in [0.1, 0.15) is 23.2 Å². The number of benzene rings is 1. The van der Waals surface area contributed by atoms with E-state index in [9.17, 15) is 20.0 Å². The molecule has 0 aromatic heterocycles. The maximum atomic E-state index is 12.5. The van der Waals surface area contributed by atoms with Gasteiger partial charge in [-0.15, -0.1) is 0 Å². The number of rotatable bonds is 2. The van der Waals surface area contributed by atoms with Crippen molar-refractivity contribution in [2.24, 2.45) is 11.8 Å². The Morgan fingerprint density at radius 3 is 2.45 bits per heavy atom. The highest BCUT2D eigenvalue weighted by molar-refractivity contribution is 5.95. The van der Waals surface area contributed by atoms with Crippen LogP contribution >= 0.6 is 0 Å². The summed E-state index contributed by atoms with van der Waals surface area (Å²) in [4.78, 5) is 24.4. The number of nitrogens with zero attached hydrogens (tertiary/aromatic N) is 2. The van der Waals surface area contributed by atoms with Crippen LogP contribution in [0.15, 0.2) is 18.2 Å². The lowest BCUT2D eigenvalue weighted by Crippen LogP contribution is -2.32. The summed E-state index contributed by atoms with van der Waals surface area (Å²) in [6.45, 7) is 3.43. The highest BCUT2D eigenvalue weighted by Gasteiger charge is 2.32. The quantitative estimate of drug-likeness (QED) is 0.635. The second-order valence-corrected chi connectivity index (χ2v) is 6.01. The molecule has 22 heavy (non-hydrogen) atoms. The van der Waals surface area contributed by atoms with Crippen molar-refractivity contribution in [3.63, 3.8) is 0 Å². The van der Waals surface area contributed by atoms with Crippen molar-refractivity contribution < 1.29 is 14.8 Å². The van der Waals surface area contributed by atoms with E-state index in [0.717, 1.165) is 25.9 Å². The third-order valence-electron chi connectivity index (χ3n) is 4.73. The second kappa shape index (κ2) is 5.92. The molecule has 7 nitrogen and oxygen atoms in total. The van der Waals surface area contributed by atoms with Gasteiger partial charge in [-0.1, -0.05) is 0 Å². The van der Waals surface area contributed by atoms with E-state index in [2.05, 4.69) is 5.32 Å². The average molecular weight is 305 g/mol. The van der Waals surface area contributed by atoms with E-state index in [4.69, 9.17) is 0 Å². The molecular formula is C15H19N3O4. The zero-order chi connectivity index (χ0) is 15.7. The fraction of sp³-hybridized carbons (Fsp3) is 0.533. The fourth-order valence-corrected chi connectivity index (χ4v) is 3.41. The largest absolute Gasteiger partial charge is 0.502 e. The number of amides is 1. The van der Waals surface area contributed by atoms with Crippen LogP contribution in [0.4, 0.5) is 5.69 Å². The van der Waals surface area contributed by atoms with Gasteiger partial charge >= 0.3 is 5.69 Å². The van der Waals surface area contributed by atoms with Gasteiger partial charge in [-0.25, -0.2) is 0 Å². The first kappa shape index (κ1) is 14.8. The van der Waals surface area contributed by atoms with Gasteiger partial charge in [-0.2, -0.15) is 0 Å². The summed E-state index contributed by atoms with van der Waals surface area (Å²) < 4.78 is 0. The molecule has 0 bridgehead atoms. The van der Waals surface area contributed by atoms with E-state index >= 15 is 0 Å². The molecule has 2 aliphatic heterocycles. The number of nitrogens with one attached hydrogen (secondary N) is 1. The molecule has 2 aliphatic rings. The van der Waals surface area contributed by atoms with Crippen LogP contribution in [-0.2, 0) is 0 Å². The van der Waals surface area contributed by atoms with Crippen molar-refractivity contribution in [1.82, 2.24) is 10.2 Å². The van der Waals surface area contributed by atoms with Crippen molar-refractivity contribution in [3.05, 3.63) is 33.9 Å². The third kappa shape index (κ3) is 2.76. The van der Waals surface area contributed by atoms with Crippen LogP contribution in [0.5, 0.6) is 5.75 Å². The maximum absolute atomic E-state index is 12.5. The molecule has 1 aromatic rings. The minimum Gasteiger partial charge on any atom is -0.502 e. The number of nitro benzene ring substituents is 1. The first-order chi connectivity index (χ1) is 10.6. The first-order valence-corrected chi connectivity index (χ1v) is 7.53. The van der Waals surface area contributed by atoms with Gasteiger partial charge in [0.25, 0.3) is 5.91 Å². The number of phenols is 1. The number of carbonyl (C=O) groups excluding carboxylic acids is 1. The summed E-state index contributed by atoms with van der Waals surface area (Å²) in [5.41, 5.74) is -0.0821. The Kier molecular flexibility index (Phi) is 3.98. The van der Waals surface area contributed by atoms with Crippen molar-refractivity contribution in [2.75, 3.05) is 26.2 Å². The highest BCUT2D eigenvalue weighted by Crippen LogP contribution is 2.29. The van der Waals surface area contributed by atoms with E-state index < -0.39 is 10.7 Å². The van der Waals surface area contributed by atoms with Crippen molar-refractivity contribution in [2.45, 2.75) is 12.8 Å². The minimum absolute atomic E-state index is 0.168.